The summed E-state index contributed by atoms with van der Waals surface area (Å²) in [6, 6.07) is 3.29. The number of nitrogens with two attached hydrogens (primary N) is 1. The first-order valence-electron chi connectivity index (χ1n) is 9.12. The van der Waals surface area contributed by atoms with Gasteiger partial charge in [0.25, 0.3) is 11.5 Å². The van der Waals surface area contributed by atoms with E-state index in [1.807, 2.05) is 20.8 Å². The van der Waals surface area contributed by atoms with Crippen LogP contribution < -0.4 is 16.6 Å². The molecule has 1 amide bonds. The van der Waals surface area contributed by atoms with Crippen LogP contribution in [0.3, 0.4) is 0 Å². The summed E-state index contributed by atoms with van der Waals surface area (Å²) in [6.45, 7) is 6.36. The SMILES string of the molecule is CC(C)(C)Cn1c(O)c(C(=O)NC2CC2)c(=O)n2nc(-n3ccc(N)n3)cc12. The van der Waals surface area contributed by atoms with Gasteiger partial charge in [0.1, 0.15) is 11.5 Å². The van der Waals surface area contributed by atoms with Gasteiger partial charge in [-0.25, -0.2) is 4.68 Å². The van der Waals surface area contributed by atoms with E-state index in [4.69, 9.17) is 5.73 Å². The Labute approximate surface area is 160 Å². The minimum Gasteiger partial charge on any atom is -0.494 e. The van der Waals surface area contributed by atoms with Crippen LogP contribution in [0.2, 0.25) is 0 Å². The molecule has 3 heterocycles. The number of fused-ring (bicyclic) bond motifs is 1. The van der Waals surface area contributed by atoms with Crippen molar-refractivity contribution in [2.45, 2.75) is 46.2 Å². The Balaban J connectivity index is 1.94. The largest absolute Gasteiger partial charge is 0.494 e. The highest BCUT2D eigenvalue weighted by molar-refractivity contribution is 5.96. The molecule has 3 aromatic heterocycles. The van der Waals surface area contributed by atoms with Crippen molar-refractivity contribution in [2.24, 2.45) is 5.41 Å². The fraction of sp³-hybridized carbons (Fsp3) is 0.444. The molecule has 1 saturated carbocycles. The van der Waals surface area contributed by atoms with Gasteiger partial charge in [0, 0.05) is 30.9 Å². The number of hydrogen-bond acceptors (Lipinski definition) is 6. The lowest BCUT2D eigenvalue weighted by Crippen LogP contribution is -2.35. The van der Waals surface area contributed by atoms with E-state index in [0.29, 0.717) is 23.8 Å². The fourth-order valence-corrected chi connectivity index (χ4v) is 3.04. The third-order valence-electron chi connectivity index (χ3n) is 4.46. The lowest BCUT2D eigenvalue weighted by molar-refractivity contribution is 0.0944. The molecule has 0 aliphatic heterocycles. The van der Waals surface area contributed by atoms with Crippen LogP contribution in [-0.4, -0.2) is 41.0 Å². The Kier molecular flexibility index (Phi) is 3.95. The number of carbonyl (C=O) groups is 1. The van der Waals surface area contributed by atoms with Gasteiger partial charge in [-0.05, 0) is 18.3 Å². The first kappa shape index (κ1) is 18.1. The van der Waals surface area contributed by atoms with Crippen molar-refractivity contribution in [2.75, 3.05) is 5.73 Å². The van der Waals surface area contributed by atoms with Crippen molar-refractivity contribution in [1.82, 2.24) is 29.3 Å². The molecule has 0 radical (unpaired) electrons. The molecule has 4 rings (SSSR count). The number of anilines is 1. The molecule has 0 bridgehead atoms. The van der Waals surface area contributed by atoms with Crippen molar-refractivity contribution in [3.8, 4) is 11.7 Å². The van der Waals surface area contributed by atoms with E-state index in [-0.39, 0.29) is 22.9 Å². The minimum absolute atomic E-state index is 0.0540. The monoisotopic (exact) mass is 385 g/mol. The third-order valence-corrected chi connectivity index (χ3v) is 4.46. The summed E-state index contributed by atoms with van der Waals surface area (Å²) >= 11 is 0. The zero-order chi connectivity index (χ0) is 20.2. The average Bonchev–Trinajstić information content (AvgIpc) is 3.12. The van der Waals surface area contributed by atoms with Gasteiger partial charge < -0.3 is 16.2 Å². The predicted octanol–water partition coefficient (Wildman–Crippen LogP) is 0.908. The number of carbonyl (C=O) groups excluding carboxylic acids is 1. The normalized spacial score (nSPS) is 14.5. The van der Waals surface area contributed by atoms with Crippen LogP contribution in [0.4, 0.5) is 5.82 Å². The second-order valence-electron chi connectivity index (χ2n) is 8.36. The number of aromatic nitrogens is 5. The van der Waals surface area contributed by atoms with Crippen molar-refractivity contribution in [3.63, 3.8) is 0 Å². The second-order valence-corrected chi connectivity index (χ2v) is 8.36. The number of nitrogens with zero attached hydrogens (tertiary/aromatic N) is 5. The summed E-state index contributed by atoms with van der Waals surface area (Å²) in [5, 5.41) is 22.0. The summed E-state index contributed by atoms with van der Waals surface area (Å²) in [4.78, 5) is 25.6. The number of rotatable bonds is 4. The first-order valence-corrected chi connectivity index (χ1v) is 9.12. The molecular formula is C18H23N7O3. The van der Waals surface area contributed by atoms with Crippen molar-refractivity contribution in [3.05, 3.63) is 34.2 Å². The van der Waals surface area contributed by atoms with Crippen LogP contribution in [0.15, 0.2) is 23.1 Å². The zero-order valence-electron chi connectivity index (χ0n) is 16.0. The zero-order valence-corrected chi connectivity index (χ0v) is 16.0. The standard InChI is InChI=1S/C18H23N7O3/c1-18(2,3)9-23-13-8-12(24-7-6-11(19)21-24)22-25(13)17(28)14(16(23)27)15(26)20-10-4-5-10/h6-8,10,27H,4-5,9H2,1-3H3,(H2,19,21)(H,20,26). The maximum Gasteiger partial charge on any atom is 0.291 e. The molecule has 0 unspecified atom stereocenters. The molecule has 0 aromatic carbocycles. The average molecular weight is 385 g/mol. The highest BCUT2D eigenvalue weighted by Gasteiger charge is 2.30. The molecule has 28 heavy (non-hydrogen) atoms. The van der Waals surface area contributed by atoms with Crippen LogP contribution in [0.25, 0.3) is 11.5 Å². The molecule has 10 heteroatoms. The predicted molar refractivity (Wildman–Crippen MR) is 103 cm³/mol. The summed E-state index contributed by atoms with van der Waals surface area (Å²) in [5.74, 6) is -0.281. The smallest absolute Gasteiger partial charge is 0.291 e. The quantitative estimate of drug-likeness (QED) is 0.611. The van der Waals surface area contributed by atoms with Gasteiger partial charge in [0.15, 0.2) is 11.4 Å². The van der Waals surface area contributed by atoms with E-state index in [0.717, 1.165) is 17.4 Å². The van der Waals surface area contributed by atoms with Gasteiger partial charge in [-0.1, -0.05) is 20.8 Å². The molecule has 0 spiro atoms. The molecule has 148 valence electrons. The number of nitrogens with one attached hydrogen (secondary N) is 1. The fourth-order valence-electron chi connectivity index (χ4n) is 3.04. The van der Waals surface area contributed by atoms with E-state index in [9.17, 15) is 14.7 Å². The highest BCUT2D eigenvalue weighted by atomic mass is 16.3. The molecule has 0 atom stereocenters. The van der Waals surface area contributed by atoms with E-state index in [2.05, 4.69) is 15.5 Å². The highest BCUT2D eigenvalue weighted by Crippen LogP contribution is 2.26. The molecule has 0 saturated heterocycles. The summed E-state index contributed by atoms with van der Waals surface area (Å²) < 4.78 is 4.09. The van der Waals surface area contributed by atoms with Crippen molar-refractivity contribution >= 4 is 17.4 Å². The van der Waals surface area contributed by atoms with Crippen LogP contribution in [-0.2, 0) is 6.54 Å². The number of amides is 1. The van der Waals surface area contributed by atoms with Crippen LogP contribution >= 0.6 is 0 Å². The third kappa shape index (κ3) is 3.21. The van der Waals surface area contributed by atoms with Crippen LogP contribution in [0, 0.1) is 5.41 Å². The molecule has 1 aliphatic rings. The number of aromatic hydroxyl groups is 1. The molecule has 4 N–H and O–H groups in total. The Hall–Kier alpha value is -3.30. The Morgan fingerprint density at radius 3 is 2.64 bits per heavy atom. The van der Waals surface area contributed by atoms with Gasteiger partial charge >= 0.3 is 0 Å². The summed E-state index contributed by atoms with van der Waals surface area (Å²) in [5.41, 5.74) is 4.82. The van der Waals surface area contributed by atoms with E-state index < -0.39 is 11.5 Å². The molecule has 3 aromatic rings. The number of hydrogen-bond donors (Lipinski definition) is 3. The van der Waals surface area contributed by atoms with Crippen LogP contribution in [0.1, 0.15) is 44.0 Å². The van der Waals surface area contributed by atoms with Crippen LogP contribution in [0.5, 0.6) is 5.88 Å². The Morgan fingerprint density at radius 1 is 1.36 bits per heavy atom. The summed E-state index contributed by atoms with van der Waals surface area (Å²) in [6.07, 6.45) is 3.37. The second kappa shape index (κ2) is 6.11. The Bertz CT molecular complexity index is 1130. The maximum absolute atomic E-state index is 13.0. The lowest BCUT2D eigenvalue weighted by Gasteiger charge is -2.23. The first-order chi connectivity index (χ1) is 13.1. The molecule has 1 aliphatic carbocycles. The molecular weight excluding hydrogens is 362 g/mol. The number of nitrogen functional groups attached to an aromatic ring is 1. The van der Waals surface area contributed by atoms with Gasteiger partial charge in [0.05, 0.1) is 0 Å². The van der Waals surface area contributed by atoms with E-state index >= 15 is 0 Å². The van der Waals surface area contributed by atoms with Crippen molar-refractivity contribution in [1.29, 1.82) is 0 Å². The van der Waals surface area contributed by atoms with E-state index in [1.165, 1.54) is 9.25 Å². The summed E-state index contributed by atoms with van der Waals surface area (Å²) in [7, 11) is 0. The van der Waals surface area contributed by atoms with E-state index in [1.54, 1.807) is 18.3 Å². The van der Waals surface area contributed by atoms with Gasteiger partial charge in [-0.2, -0.15) is 4.52 Å². The molecule has 10 nitrogen and oxygen atoms in total. The molecule has 1 fully saturated rings. The van der Waals surface area contributed by atoms with Gasteiger partial charge in [-0.15, -0.1) is 10.2 Å². The lowest BCUT2D eigenvalue weighted by atomic mass is 9.96. The van der Waals surface area contributed by atoms with Crippen molar-refractivity contribution < 1.29 is 9.90 Å². The maximum atomic E-state index is 13.0. The topological polar surface area (TPSA) is 132 Å². The Morgan fingerprint density at radius 2 is 2.07 bits per heavy atom. The van der Waals surface area contributed by atoms with Gasteiger partial charge in [-0.3, -0.25) is 14.2 Å². The minimum atomic E-state index is -0.679. The van der Waals surface area contributed by atoms with Gasteiger partial charge in [0.2, 0.25) is 5.88 Å².